The second-order valence-corrected chi connectivity index (χ2v) is 8.29. The number of unbranched alkanes of at least 4 members (excludes halogenated alkanes) is 1. The lowest BCUT2D eigenvalue weighted by Crippen LogP contribution is -2.15. The normalized spacial score (nSPS) is 11.0. The Labute approximate surface area is 188 Å². The Morgan fingerprint density at radius 3 is 2.77 bits per heavy atom. The molecule has 4 rings (SSSR count). The van der Waals surface area contributed by atoms with Gasteiger partial charge in [0.1, 0.15) is 16.8 Å². The van der Waals surface area contributed by atoms with E-state index in [-0.39, 0.29) is 11.7 Å². The fourth-order valence-electron chi connectivity index (χ4n) is 3.09. The first-order chi connectivity index (χ1) is 15.2. The summed E-state index contributed by atoms with van der Waals surface area (Å²) in [5, 5.41) is 12.4. The van der Waals surface area contributed by atoms with Crippen molar-refractivity contribution in [2.75, 3.05) is 18.2 Å². The van der Waals surface area contributed by atoms with Crippen LogP contribution in [0.3, 0.4) is 0 Å². The highest BCUT2D eigenvalue weighted by atomic mass is 32.2. The lowest BCUT2D eigenvalue weighted by molar-refractivity contribution is -0.113. The molecule has 0 saturated heterocycles. The molecule has 0 unspecified atom stereocenters. The third-order valence-electron chi connectivity index (χ3n) is 4.69. The Bertz CT molecular complexity index is 1170. The molecule has 160 valence electrons. The van der Waals surface area contributed by atoms with Crippen molar-refractivity contribution in [3.63, 3.8) is 0 Å². The summed E-state index contributed by atoms with van der Waals surface area (Å²) in [6.45, 7) is 2.93. The third kappa shape index (κ3) is 4.86. The Hall–Kier alpha value is -2.98. The summed E-state index contributed by atoms with van der Waals surface area (Å²) >= 11 is 2.51. The number of carbonyl (C=O) groups excluding carboxylic acids is 1. The van der Waals surface area contributed by atoms with Crippen LogP contribution in [0.25, 0.3) is 22.4 Å². The van der Waals surface area contributed by atoms with Crippen molar-refractivity contribution < 1.29 is 9.53 Å². The van der Waals surface area contributed by atoms with E-state index < -0.39 is 0 Å². The standard InChI is InChI=1S/C21H22N6O2S2/c1-3-4-12-27-20(14-8-10-15(29-2)11-9-14)23-24-21(27)30-13-18(28)22-16-6-5-7-17-19(16)26-31-25-17/h5-11H,3-4,12-13H2,1-2H3,(H,22,28). The number of fused-ring (bicyclic) bond motifs is 1. The molecule has 0 atom stereocenters. The molecule has 1 N–H and O–H groups in total. The van der Waals surface area contributed by atoms with Gasteiger partial charge in [-0.2, -0.15) is 8.75 Å². The first-order valence-corrected chi connectivity index (χ1v) is 11.6. The third-order valence-corrected chi connectivity index (χ3v) is 6.20. The van der Waals surface area contributed by atoms with Crippen LogP contribution in [0, 0.1) is 0 Å². The minimum absolute atomic E-state index is 0.124. The van der Waals surface area contributed by atoms with Crippen LogP contribution in [0.15, 0.2) is 47.6 Å². The zero-order chi connectivity index (χ0) is 21.6. The van der Waals surface area contributed by atoms with Crippen LogP contribution in [0.2, 0.25) is 0 Å². The Morgan fingerprint density at radius 2 is 2.00 bits per heavy atom. The Morgan fingerprint density at radius 1 is 1.16 bits per heavy atom. The van der Waals surface area contributed by atoms with Gasteiger partial charge in [-0.15, -0.1) is 10.2 Å². The van der Waals surface area contributed by atoms with Gasteiger partial charge in [0.15, 0.2) is 11.0 Å². The highest BCUT2D eigenvalue weighted by Gasteiger charge is 2.16. The van der Waals surface area contributed by atoms with Crippen molar-refractivity contribution in [1.29, 1.82) is 0 Å². The number of carbonyl (C=O) groups is 1. The lowest BCUT2D eigenvalue weighted by atomic mass is 10.2. The van der Waals surface area contributed by atoms with Crippen molar-refractivity contribution in [1.82, 2.24) is 23.5 Å². The van der Waals surface area contributed by atoms with Crippen LogP contribution in [-0.2, 0) is 11.3 Å². The fraction of sp³-hybridized carbons (Fsp3) is 0.286. The van der Waals surface area contributed by atoms with Gasteiger partial charge in [-0.25, -0.2) is 0 Å². The van der Waals surface area contributed by atoms with Gasteiger partial charge in [0.25, 0.3) is 0 Å². The summed E-state index contributed by atoms with van der Waals surface area (Å²) in [5.74, 6) is 1.68. The number of thioether (sulfide) groups is 1. The number of ether oxygens (including phenoxy) is 1. The highest BCUT2D eigenvalue weighted by molar-refractivity contribution is 7.99. The van der Waals surface area contributed by atoms with E-state index in [2.05, 4.69) is 35.8 Å². The van der Waals surface area contributed by atoms with Crippen molar-refractivity contribution in [3.05, 3.63) is 42.5 Å². The first kappa shape index (κ1) is 21.3. The average molecular weight is 455 g/mol. The summed E-state index contributed by atoms with van der Waals surface area (Å²) in [7, 11) is 1.64. The van der Waals surface area contributed by atoms with Crippen LogP contribution in [0.1, 0.15) is 19.8 Å². The van der Waals surface area contributed by atoms with Crippen molar-refractivity contribution in [2.24, 2.45) is 0 Å². The van der Waals surface area contributed by atoms with E-state index in [0.717, 1.165) is 58.9 Å². The predicted octanol–water partition coefficient (Wildman–Crippen LogP) is 4.49. The quantitative estimate of drug-likeness (QED) is 0.372. The molecule has 0 saturated carbocycles. The van der Waals surface area contributed by atoms with E-state index in [1.165, 1.54) is 11.8 Å². The molecule has 4 aromatic rings. The molecule has 0 aliphatic carbocycles. The Balaban J connectivity index is 1.48. The molecular weight excluding hydrogens is 432 g/mol. The zero-order valence-corrected chi connectivity index (χ0v) is 18.9. The van der Waals surface area contributed by atoms with Crippen LogP contribution < -0.4 is 10.1 Å². The van der Waals surface area contributed by atoms with Gasteiger partial charge >= 0.3 is 0 Å². The number of anilines is 1. The number of benzene rings is 2. The molecule has 0 radical (unpaired) electrons. The van der Waals surface area contributed by atoms with Crippen LogP contribution in [-0.4, -0.2) is 42.3 Å². The van der Waals surface area contributed by atoms with Gasteiger partial charge in [-0.05, 0) is 42.8 Å². The van der Waals surface area contributed by atoms with Gasteiger partial charge in [0.05, 0.1) is 30.3 Å². The van der Waals surface area contributed by atoms with Crippen molar-refractivity contribution >= 4 is 46.1 Å². The van der Waals surface area contributed by atoms with E-state index in [0.29, 0.717) is 11.2 Å². The van der Waals surface area contributed by atoms with E-state index >= 15 is 0 Å². The number of nitrogens with zero attached hydrogens (tertiary/aromatic N) is 5. The maximum absolute atomic E-state index is 12.6. The zero-order valence-electron chi connectivity index (χ0n) is 17.2. The summed E-state index contributed by atoms with van der Waals surface area (Å²) < 4.78 is 15.8. The molecular formula is C21H22N6O2S2. The molecule has 2 aromatic carbocycles. The maximum Gasteiger partial charge on any atom is 0.234 e. The van der Waals surface area contributed by atoms with Crippen molar-refractivity contribution in [2.45, 2.75) is 31.5 Å². The monoisotopic (exact) mass is 454 g/mol. The number of methoxy groups -OCH3 is 1. The second-order valence-electron chi connectivity index (χ2n) is 6.81. The molecule has 0 bridgehead atoms. The van der Waals surface area contributed by atoms with E-state index in [1.54, 1.807) is 7.11 Å². The molecule has 2 heterocycles. The molecule has 0 spiro atoms. The molecule has 31 heavy (non-hydrogen) atoms. The predicted molar refractivity (Wildman–Crippen MR) is 124 cm³/mol. The van der Waals surface area contributed by atoms with Gasteiger partial charge in [-0.3, -0.25) is 4.79 Å². The van der Waals surface area contributed by atoms with Gasteiger partial charge in [0, 0.05) is 12.1 Å². The Kier molecular flexibility index (Phi) is 6.78. The molecule has 0 fully saturated rings. The van der Waals surface area contributed by atoms with Crippen molar-refractivity contribution in [3.8, 4) is 17.1 Å². The van der Waals surface area contributed by atoms with Gasteiger partial charge < -0.3 is 14.6 Å². The summed E-state index contributed by atoms with van der Waals surface area (Å²) in [4.78, 5) is 12.6. The SMILES string of the molecule is CCCCn1c(SCC(=O)Nc2cccc3nsnc23)nnc1-c1ccc(OC)cc1. The van der Waals surface area contributed by atoms with E-state index in [9.17, 15) is 4.79 Å². The molecule has 0 aliphatic heterocycles. The molecule has 0 aliphatic rings. The molecule has 10 heteroatoms. The van der Waals surface area contributed by atoms with Crippen LogP contribution in [0.5, 0.6) is 5.75 Å². The number of hydrogen-bond acceptors (Lipinski definition) is 8. The summed E-state index contributed by atoms with van der Waals surface area (Å²) in [6, 6.07) is 13.3. The van der Waals surface area contributed by atoms with E-state index in [4.69, 9.17) is 4.74 Å². The maximum atomic E-state index is 12.6. The van der Waals surface area contributed by atoms with Crippen LogP contribution >= 0.6 is 23.5 Å². The lowest BCUT2D eigenvalue weighted by Gasteiger charge is -2.10. The van der Waals surface area contributed by atoms with E-state index in [1.807, 2.05) is 42.5 Å². The summed E-state index contributed by atoms with van der Waals surface area (Å²) in [6.07, 6.45) is 2.05. The molecule has 1 amide bonds. The second kappa shape index (κ2) is 9.88. The number of amides is 1. The number of hydrogen-bond donors (Lipinski definition) is 1. The fourth-order valence-corrected chi connectivity index (χ4v) is 4.40. The smallest absolute Gasteiger partial charge is 0.234 e. The first-order valence-electron chi connectivity index (χ1n) is 9.91. The average Bonchev–Trinajstić information content (AvgIpc) is 3.44. The highest BCUT2D eigenvalue weighted by Crippen LogP contribution is 2.27. The number of rotatable bonds is 9. The minimum Gasteiger partial charge on any atom is -0.497 e. The number of nitrogens with one attached hydrogen (secondary N) is 1. The minimum atomic E-state index is -0.124. The largest absolute Gasteiger partial charge is 0.497 e. The summed E-state index contributed by atoms with van der Waals surface area (Å²) in [5.41, 5.74) is 3.12. The van der Waals surface area contributed by atoms with Crippen LogP contribution in [0.4, 0.5) is 5.69 Å². The number of aromatic nitrogens is 5. The van der Waals surface area contributed by atoms with Gasteiger partial charge in [-0.1, -0.05) is 31.2 Å². The molecule has 2 aromatic heterocycles. The molecule has 8 nitrogen and oxygen atoms in total. The topological polar surface area (TPSA) is 94.8 Å². The van der Waals surface area contributed by atoms with Gasteiger partial charge in [0.2, 0.25) is 5.91 Å².